The second-order valence-electron chi connectivity index (χ2n) is 6.28. The van der Waals surface area contributed by atoms with Crippen LogP contribution in [0.4, 0.5) is 14.7 Å². The number of aromatic nitrogens is 1. The van der Waals surface area contributed by atoms with Crippen molar-refractivity contribution in [3.8, 4) is 17.0 Å². The van der Waals surface area contributed by atoms with Gasteiger partial charge in [0.15, 0.2) is 17.7 Å². The Morgan fingerprint density at radius 2 is 1.78 bits per heavy atom. The fourth-order valence-corrected chi connectivity index (χ4v) is 2.61. The van der Waals surface area contributed by atoms with E-state index in [0.717, 1.165) is 23.3 Å². The van der Waals surface area contributed by atoms with Gasteiger partial charge in [-0.3, -0.25) is 10.1 Å². The lowest BCUT2D eigenvalue weighted by atomic mass is 10.1. The third-order valence-corrected chi connectivity index (χ3v) is 3.85. The molecule has 0 radical (unpaired) electrons. The summed E-state index contributed by atoms with van der Waals surface area (Å²) < 4.78 is 37.1. The van der Waals surface area contributed by atoms with Crippen LogP contribution < -0.4 is 10.1 Å². The van der Waals surface area contributed by atoms with E-state index >= 15 is 0 Å². The fraction of sp³-hybridized carbons (Fsp3) is 0.200. The highest BCUT2D eigenvalue weighted by molar-refractivity contribution is 5.93. The van der Waals surface area contributed by atoms with Crippen LogP contribution in [0.2, 0.25) is 0 Å². The first-order valence-electron chi connectivity index (χ1n) is 8.30. The van der Waals surface area contributed by atoms with Crippen molar-refractivity contribution in [1.29, 1.82) is 0 Å². The predicted octanol–water partition coefficient (Wildman–Crippen LogP) is 4.64. The van der Waals surface area contributed by atoms with Crippen LogP contribution in [0.1, 0.15) is 18.1 Å². The number of halogens is 2. The third-order valence-electron chi connectivity index (χ3n) is 3.85. The highest BCUT2D eigenvalue weighted by Gasteiger charge is 2.18. The SMILES string of the molecule is Cc1cc(C)cc(O[C@@H](C)C(=O)Nc2cc(-c3ccc(F)c(F)c3)no2)c1. The number of aryl methyl sites for hydroxylation is 2. The van der Waals surface area contributed by atoms with Gasteiger partial charge in [0.2, 0.25) is 5.88 Å². The van der Waals surface area contributed by atoms with Gasteiger partial charge in [0.1, 0.15) is 11.4 Å². The fourth-order valence-electron chi connectivity index (χ4n) is 2.61. The Labute approximate surface area is 154 Å². The smallest absolute Gasteiger partial charge is 0.267 e. The highest BCUT2D eigenvalue weighted by atomic mass is 19.2. The van der Waals surface area contributed by atoms with Crippen molar-refractivity contribution in [2.75, 3.05) is 5.32 Å². The molecule has 140 valence electrons. The molecule has 3 rings (SSSR count). The average molecular weight is 372 g/mol. The summed E-state index contributed by atoms with van der Waals surface area (Å²) in [5.74, 6) is -1.70. The van der Waals surface area contributed by atoms with Crippen LogP contribution in [0.15, 0.2) is 47.0 Å². The first kappa shape index (κ1) is 18.6. The maximum atomic E-state index is 13.3. The molecule has 0 unspecified atom stereocenters. The normalized spacial score (nSPS) is 11.9. The Kier molecular flexibility index (Phi) is 5.21. The summed E-state index contributed by atoms with van der Waals surface area (Å²) in [6.45, 7) is 5.50. The number of hydrogen-bond donors (Lipinski definition) is 1. The number of carbonyl (C=O) groups is 1. The molecule has 0 bridgehead atoms. The van der Waals surface area contributed by atoms with Crippen molar-refractivity contribution in [3.05, 3.63) is 65.2 Å². The van der Waals surface area contributed by atoms with Crippen molar-refractivity contribution < 1.29 is 22.8 Å². The van der Waals surface area contributed by atoms with E-state index in [2.05, 4.69) is 10.5 Å². The minimum Gasteiger partial charge on any atom is -0.481 e. The summed E-state index contributed by atoms with van der Waals surface area (Å²) in [5.41, 5.74) is 2.66. The van der Waals surface area contributed by atoms with Gasteiger partial charge in [0.25, 0.3) is 5.91 Å². The molecule has 0 aliphatic rings. The summed E-state index contributed by atoms with van der Waals surface area (Å²) in [6, 6.07) is 10.5. The predicted molar refractivity (Wildman–Crippen MR) is 96.5 cm³/mol. The number of rotatable bonds is 5. The van der Waals surface area contributed by atoms with Gasteiger partial charge >= 0.3 is 0 Å². The van der Waals surface area contributed by atoms with Crippen LogP contribution in [0.5, 0.6) is 5.75 Å². The molecule has 1 aromatic heterocycles. The molecule has 7 heteroatoms. The molecule has 0 aliphatic carbocycles. The Balaban J connectivity index is 1.67. The quantitative estimate of drug-likeness (QED) is 0.708. The van der Waals surface area contributed by atoms with Gasteiger partial charge in [0, 0.05) is 11.6 Å². The Bertz CT molecular complexity index is 965. The topological polar surface area (TPSA) is 64.4 Å². The van der Waals surface area contributed by atoms with E-state index in [-0.39, 0.29) is 11.6 Å². The molecule has 0 fully saturated rings. The van der Waals surface area contributed by atoms with E-state index in [9.17, 15) is 13.6 Å². The first-order valence-corrected chi connectivity index (χ1v) is 8.30. The van der Waals surface area contributed by atoms with E-state index in [1.807, 2.05) is 32.0 Å². The van der Waals surface area contributed by atoms with Gasteiger partial charge in [-0.2, -0.15) is 0 Å². The van der Waals surface area contributed by atoms with Crippen LogP contribution in [-0.2, 0) is 4.79 Å². The lowest BCUT2D eigenvalue weighted by molar-refractivity contribution is -0.122. The molecule has 5 nitrogen and oxygen atoms in total. The first-order chi connectivity index (χ1) is 12.8. The van der Waals surface area contributed by atoms with E-state index in [0.29, 0.717) is 11.3 Å². The molecule has 1 amide bonds. The molecule has 3 aromatic rings. The summed E-state index contributed by atoms with van der Waals surface area (Å²) >= 11 is 0. The number of benzene rings is 2. The number of hydrogen-bond acceptors (Lipinski definition) is 4. The molecule has 0 spiro atoms. The van der Waals surface area contributed by atoms with Crippen LogP contribution in [0.3, 0.4) is 0 Å². The zero-order chi connectivity index (χ0) is 19.6. The van der Waals surface area contributed by atoms with Crippen LogP contribution in [0.25, 0.3) is 11.3 Å². The average Bonchev–Trinajstić information content (AvgIpc) is 3.04. The van der Waals surface area contributed by atoms with E-state index < -0.39 is 23.6 Å². The van der Waals surface area contributed by atoms with Crippen LogP contribution in [-0.4, -0.2) is 17.2 Å². The van der Waals surface area contributed by atoms with Gasteiger partial charge in [0.05, 0.1) is 0 Å². The van der Waals surface area contributed by atoms with Gasteiger partial charge in [-0.1, -0.05) is 11.2 Å². The molecular weight excluding hydrogens is 354 g/mol. The molecule has 1 N–H and O–H groups in total. The number of nitrogens with one attached hydrogen (secondary N) is 1. The van der Waals surface area contributed by atoms with E-state index in [1.165, 1.54) is 12.1 Å². The minimum absolute atomic E-state index is 0.0793. The van der Waals surface area contributed by atoms with Crippen molar-refractivity contribution in [1.82, 2.24) is 5.16 Å². The summed E-state index contributed by atoms with van der Waals surface area (Å²) in [4.78, 5) is 12.3. The van der Waals surface area contributed by atoms with Crippen LogP contribution in [0, 0.1) is 25.5 Å². The molecule has 1 atom stereocenters. The second kappa shape index (κ2) is 7.57. The van der Waals surface area contributed by atoms with Gasteiger partial charge in [-0.25, -0.2) is 8.78 Å². The molecule has 1 heterocycles. The third kappa shape index (κ3) is 4.49. The Hall–Kier alpha value is -3.22. The summed E-state index contributed by atoms with van der Waals surface area (Å²) in [6.07, 6.45) is -0.775. The van der Waals surface area contributed by atoms with Gasteiger partial charge in [-0.05, 0) is 62.2 Å². The molecule has 27 heavy (non-hydrogen) atoms. The summed E-state index contributed by atoms with van der Waals surface area (Å²) in [5, 5.41) is 6.30. The Morgan fingerprint density at radius 1 is 1.07 bits per heavy atom. The van der Waals surface area contributed by atoms with E-state index in [1.54, 1.807) is 6.92 Å². The molecule has 0 aliphatic heterocycles. The highest BCUT2D eigenvalue weighted by Crippen LogP contribution is 2.24. The Morgan fingerprint density at radius 3 is 2.44 bits per heavy atom. The standard InChI is InChI=1S/C20H18F2N2O3/c1-11-6-12(2)8-15(7-11)26-13(3)20(25)23-19-10-18(24-27-19)14-4-5-16(21)17(22)9-14/h4-10,13H,1-3H3,(H,23,25)/t13-/m0/s1. The van der Waals surface area contributed by atoms with Crippen molar-refractivity contribution in [2.45, 2.75) is 26.9 Å². The number of carbonyl (C=O) groups excluding carboxylic acids is 1. The van der Waals surface area contributed by atoms with Gasteiger partial charge < -0.3 is 9.26 Å². The lowest BCUT2D eigenvalue weighted by Gasteiger charge is -2.14. The largest absolute Gasteiger partial charge is 0.481 e. The van der Waals surface area contributed by atoms with Crippen LogP contribution >= 0.6 is 0 Å². The zero-order valence-electron chi connectivity index (χ0n) is 15.0. The molecule has 0 saturated heterocycles. The van der Waals surface area contributed by atoms with E-state index in [4.69, 9.17) is 9.26 Å². The molecule has 2 aromatic carbocycles. The van der Waals surface area contributed by atoms with Crippen molar-refractivity contribution >= 4 is 11.8 Å². The monoisotopic (exact) mass is 372 g/mol. The van der Waals surface area contributed by atoms with Gasteiger partial charge in [-0.15, -0.1) is 0 Å². The zero-order valence-corrected chi connectivity index (χ0v) is 15.0. The lowest BCUT2D eigenvalue weighted by Crippen LogP contribution is -2.30. The number of amides is 1. The minimum atomic E-state index is -0.989. The second-order valence-corrected chi connectivity index (χ2v) is 6.28. The maximum absolute atomic E-state index is 13.3. The van der Waals surface area contributed by atoms with Crippen molar-refractivity contribution in [3.63, 3.8) is 0 Å². The van der Waals surface area contributed by atoms with Crippen molar-refractivity contribution in [2.24, 2.45) is 0 Å². The number of nitrogens with zero attached hydrogens (tertiary/aromatic N) is 1. The molecular formula is C20H18F2N2O3. The summed E-state index contributed by atoms with van der Waals surface area (Å²) in [7, 11) is 0. The molecule has 0 saturated carbocycles. The number of anilines is 1. The maximum Gasteiger partial charge on any atom is 0.267 e. The number of ether oxygens (including phenoxy) is 1.